The van der Waals surface area contributed by atoms with E-state index in [2.05, 4.69) is 57.3 Å². The molecule has 0 radical (unpaired) electrons. The minimum Gasteiger partial charge on any atom is -0.334 e. The van der Waals surface area contributed by atoms with E-state index in [1.807, 2.05) is 48.9 Å². The minimum atomic E-state index is -0.382. The van der Waals surface area contributed by atoms with Gasteiger partial charge in [-0.25, -0.2) is 24.7 Å². The predicted octanol–water partition coefficient (Wildman–Crippen LogP) is 4.66. The maximum Gasteiger partial charge on any atom is 0.324 e. The average Bonchev–Trinajstić information content (AvgIpc) is 3.72. The third-order valence-electron chi connectivity index (χ3n) is 5.94. The van der Waals surface area contributed by atoms with Gasteiger partial charge in [-0.15, -0.1) is 0 Å². The van der Waals surface area contributed by atoms with Gasteiger partial charge in [0.05, 0.1) is 11.4 Å². The number of amides is 2. The van der Waals surface area contributed by atoms with Gasteiger partial charge in [-0.3, -0.25) is 19.5 Å². The van der Waals surface area contributed by atoms with Crippen molar-refractivity contribution in [2.45, 2.75) is 13.8 Å². The van der Waals surface area contributed by atoms with E-state index >= 15 is 0 Å². The molecule has 6 rings (SSSR count). The van der Waals surface area contributed by atoms with Crippen molar-refractivity contribution >= 4 is 35.4 Å². The summed E-state index contributed by atoms with van der Waals surface area (Å²) in [6.45, 7) is 7.93. The molecule has 41 heavy (non-hydrogen) atoms. The number of imidazole rings is 2. The summed E-state index contributed by atoms with van der Waals surface area (Å²) in [4.78, 5) is 41.0. The van der Waals surface area contributed by atoms with Gasteiger partial charge >= 0.3 is 6.03 Å². The quantitative estimate of drug-likeness (QED) is 0.256. The normalized spacial score (nSPS) is 10.6. The van der Waals surface area contributed by atoms with Crippen molar-refractivity contribution in [3.63, 3.8) is 0 Å². The fourth-order valence-electron chi connectivity index (χ4n) is 3.92. The number of urea groups is 1. The van der Waals surface area contributed by atoms with E-state index in [1.54, 1.807) is 48.6 Å². The lowest BCUT2D eigenvalue weighted by Crippen LogP contribution is -2.20. The molecule has 3 N–H and O–H groups in total. The molecule has 0 unspecified atom stereocenters. The molecule has 0 aliphatic carbocycles. The highest BCUT2D eigenvalue weighted by molar-refractivity contribution is 5.99. The van der Waals surface area contributed by atoms with Crippen molar-refractivity contribution in [1.82, 2.24) is 44.3 Å². The van der Waals surface area contributed by atoms with Gasteiger partial charge in [-0.2, -0.15) is 5.10 Å². The van der Waals surface area contributed by atoms with E-state index in [1.165, 1.54) is 6.33 Å². The Morgan fingerprint density at radius 3 is 2.59 bits per heavy atom. The lowest BCUT2D eigenvalue weighted by atomic mass is 10.2. The first kappa shape index (κ1) is 26.9. The standard InChI is InChI=1S/C25H21N11O.C3H7N/c1-15-12-36(14-29-15)24-21-23(27-13-28-24)33-22(32-21)16-5-7-18(8-6-16)30-25(37)31-20-10-19(34-35(20)2)17-4-3-9-26-11-17;1-3-4-2/h3-14H,1-2H3,(H2,30,31,37)(H,27,28,32,33);2-3H2,1H3. The summed E-state index contributed by atoms with van der Waals surface area (Å²) >= 11 is 0. The van der Waals surface area contributed by atoms with Gasteiger partial charge in [-0.1, -0.05) is 0 Å². The lowest BCUT2D eigenvalue weighted by Gasteiger charge is -2.08. The Hall–Kier alpha value is -5.72. The van der Waals surface area contributed by atoms with Gasteiger partial charge in [0.2, 0.25) is 0 Å². The van der Waals surface area contributed by atoms with Gasteiger partial charge in [0.25, 0.3) is 0 Å². The molecule has 206 valence electrons. The highest BCUT2D eigenvalue weighted by Gasteiger charge is 2.14. The van der Waals surface area contributed by atoms with E-state index in [0.717, 1.165) is 29.1 Å². The molecule has 5 heterocycles. The second-order valence-corrected chi connectivity index (χ2v) is 8.88. The third-order valence-corrected chi connectivity index (χ3v) is 5.94. The Labute approximate surface area is 235 Å². The number of hydrogen-bond acceptors (Lipinski definition) is 8. The van der Waals surface area contributed by atoms with Crippen LogP contribution in [0.4, 0.5) is 16.3 Å². The van der Waals surface area contributed by atoms with E-state index < -0.39 is 0 Å². The Bertz CT molecular complexity index is 1780. The van der Waals surface area contributed by atoms with E-state index in [4.69, 9.17) is 0 Å². The van der Waals surface area contributed by atoms with Crippen LogP contribution in [0.15, 0.2) is 78.7 Å². The van der Waals surface area contributed by atoms with Crippen LogP contribution in [0.3, 0.4) is 0 Å². The van der Waals surface area contributed by atoms with Crippen LogP contribution in [-0.4, -0.2) is 63.5 Å². The number of anilines is 2. The minimum absolute atomic E-state index is 0.382. The fourth-order valence-corrected chi connectivity index (χ4v) is 3.92. The SMILES string of the molecule is C=NCC.Cc1cn(-c2ncnc3nc(-c4ccc(NC(=O)Nc5cc(-c6cccnc6)nn5C)cc4)[nH]c23)cn1. The summed E-state index contributed by atoms with van der Waals surface area (Å²) in [5.41, 5.74) is 5.19. The van der Waals surface area contributed by atoms with Crippen molar-refractivity contribution in [3.8, 4) is 28.5 Å². The number of rotatable bonds is 6. The molecule has 13 heteroatoms. The van der Waals surface area contributed by atoms with Gasteiger partial charge < -0.3 is 15.3 Å². The maximum absolute atomic E-state index is 12.6. The van der Waals surface area contributed by atoms with Crippen LogP contribution in [0.5, 0.6) is 0 Å². The van der Waals surface area contributed by atoms with Gasteiger partial charge in [0, 0.05) is 55.1 Å². The number of fused-ring (bicyclic) bond motifs is 1. The van der Waals surface area contributed by atoms with Gasteiger partial charge in [-0.05, 0) is 57.0 Å². The molecule has 2 amide bonds. The first-order valence-electron chi connectivity index (χ1n) is 12.7. The Morgan fingerprint density at radius 2 is 1.90 bits per heavy atom. The van der Waals surface area contributed by atoms with E-state index in [-0.39, 0.29) is 6.03 Å². The monoisotopic (exact) mass is 548 g/mol. The molecule has 0 saturated carbocycles. The third kappa shape index (κ3) is 6.14. The Kier molecular flexibility index (Phi) is 7.86. The number of H-pyrrole nitrogens is 1. The van der Waals surface area contributed by atoms with Crippen molar-refractivity contribution in [3.05, 3.63) is 79.4 Å². The van der Waals surface area contributed by atoms with Crippen molar-refractivity contribution in [2.24, 2.45) is 12.0 Å². The summed E-state index contributed by atoms with van der Waals surface area (Å²) < 4.78 is 3.43. The van der Waals surface area contributed by atoms with Crippen LogP contribution in [0.1, 0.15) is 12.6 Å². The number of benzene rings is 1. The summed E-state index contributed by atoms with van der Waals surface area (Å²) in [5, 5.41) is 10.1. The van der Waals surface area contributed by atoms with Gasteiger partial charge in [0.1, 0.15) is 29.8 Å². The zero-order chi connectivity index (χ0) is 28.8. The first-order valence-corrected chi connectivity index (χ1v) is 12.7. The largest absolute Gasteiger partial charge is 0.334 e. The molecule has 0 aliphatic rings. The zero-order valence-corrected chi connectivity index (χ0v) is 22.8. The first-order chi connectivity index (χ1) is 19.9. The summed E-state index contributed by atoms with van der Waals surface area (Å²) in [6.07, 6.45) is 8.49. The van der Waals surface area contributed by atoms with E-state index in [9.17, 15) is 4.79 Å². The molecular weight excluding hydrogens is 520 g/mol. The Morgan fingerprint density at radius 1 is 1.10 bits per heavy atom. The second-order valence-electron chi connectivity index (χ2n) is 8.88. The number of aliphatic imine (C=N–C) groups is 1. The second kappa shape index (κ2) is 12.0. The molecule has 6 aromatic rings. The molecule has 0 fully saturated rings. The molecule has 1 aromatic carbocycles. The molecule has 0 saturated heterocycles. The topological polar surface area (TPSA) is 156 Å². The molecular formula is C28H28N12O. The van der Waals surface area contributed by atoms with Crippen LogP contribution in [0.25, 0.3) is 39.6 Å². The average molecular weight is 549 g/mol. The molecule has 0 atom stereocenters. The fraction of sp³-hybridized carbons (Fsp3) is 0.143. The number of carbonyl (C=O) groups is 1. The summed E-state index contributed by atoms with van der Waals surface area (Å²) in [6, 6.07) is 12.5. The van der Waals surface area contributed by atoms with Crippen LogP contribution < -0.4 is 10.6 Å². The van der Waals surface area contributed by atoms with Crippen molar-refractivity contribution in [2.75, 3.05) is 17.2 Å². The summed E-state index contributed by atoms with van der Waals surface area (Å²) in [5.74, 6) is 1.86. The van der Waals surface area contributed by atoms with Crippen LogP contribution in [-0.2, 0) is 7.05 Å². The number of carbonyl (C=O) groups excluding carboxylic acids is 1. The number of aromatic nitrogens is 9. The molecule has 0 aliphatic heterocycles. The number of aromatic amines is 1. The number of aryl methyl sites for hydroxylation is 2. The predicted molar refractivity (Wildman–Crippen MR) is 158 cm³/mol. The van der Waals surface area contributed by atoms with Crippen molar-refractivity contribution in [1.29, 1.82) is 0 Å². The Balaban J connectivity index is 0.000000794. The summed E-state index contributed by atoms with van der Waals surface area (Å²) in [7, 11) is 1.77. The molecule has 0 bridgehead atoms. The van der Waals surface area contributed by atoms with E-state index in [0.29, 0.717) is 34.3 Å². The lowest BCUT2D eigenvalue weighted by molar-refractivity contribution is 0.262. The highest BCUT2D eigenvalue weighted by atomic mass is 16.2. The maximum atomic E-state index is 12.6. The molecule has 5 aromatic heterocycles. The number of nitrogens with one attached hydrogen (secondary N) is 3. The molecule has 0 spiro atoms. The highest BCUT2D eigenvalue weighted by Crippen LogP contribution is 2.24. The van der Waals surface area contributed by atoms with Gasteiger partial charge in [0.15, 0.2) is 11.5 Å². The number of pyridine rings is 1. The number of nitrogens with zero attached hydrogens (tertiary/aromatic N) is 9. The number of hydrogen-bond donors (Lipinski definition) is 3. The van der Waals surface area contributed by atoms with Crippen molar-refractivity contribution < 1.29 is 4.79 Å². The zero-order valence-electron chi connectivity index (χ0n) is 22.8. The van der Waals surface area contributed by atoms with Crippen LogP contribution in [0.2, 0.25) is 0 Å². The smallest absolute Gasteiger partial charge is 0.324 e. The van der Waals surface area contributed by atoms with Crippen LogP contribution >= 0.6 is 0 Å². The molecule has 13 nitrogen and oxygen atoms in total. The van der Waals surface area contributed by atoms with Crippen LogP contribution in [0, 0.1) is 6.92 Å².